The number of carbonyl (C=O) groups excluding carboxylic acids is 5. The van der Waals surface area contributed by atoms with Crippen LogP contribution in [0.4, 0.5) is 0 Å². The van der Waals surface area contributed by atoms with Crippen LogP contribution in [-0.2, 0) is 38.2 Å². The highest BCUT2D eigenvalue weighted by Gasteiger charge is 2.36. The number of ketones is 2. The Labute approximate surface area is 270 Å². The lowest BCUT2D eigenvalue weighted by atomic mass is 9.85. The van der Waals surface area contributed by atoms with Gasteiger partial charge in [0.25, 0.3) is 0 Å². The Morgan fingerprint density at radius 2 is 1.48 bits per heavy atom. The summed E-state index contributed by atoms with van der Waals surface area (Å²) in [5, 5.41) is 40.3. The molecule has 0 spiro atoms. The molecule has 0 radical (unpaired) electrons. The summed E-state index contributed by atoms with van der Waals surface area (Å²) in [5.74, 6) is -5.48. The summed E-state index contributed by atoms with van der Waals surface area (Å²) >= 11 is 0. The van der Waals surface area contributed by atoms with Crippen LogP contribution in [-0.4, -0.2) is 80.3 Å². The Morgan fingerprint density at radius 1 is 0.848 bits per heavy atom. The lowest BCUT2D eigenvalue weighted by Crippen LogP contribution is -2.36. The highest BCUT2D eigenvalue weighted by Crippen LogP contribution is 2.25. The number of aliphatic hydroxyl groups excluding tert-OH is 3. The number of carboxylic acid groups (broad SMARTS) is 1. The number of aliphatic hydroxyl groups is 3. The smallest absolute Gasteiger partial charge is 0.345 e. The number of ether oxygens (including phenoxy) is 2. The fourth-order valence-corrected chi connectivity index (χ4v) is 5.24. The van der Waals surface area contributed by atoms with Gasteiger partial charge in [0.15, 0.2) is 5.78 Å². The molecule has 0 fully saturated rings. The minimum absolute atomic E-state index is 0.0668. The molecule has 46 heavy (non-hydrogen) atoms. The molecule has 0 aromatic carbocycles. The molecule has 1 rings (SSSR count). The molecule has 0 amide bonds. The molecule has 1 heterocycles. The van der Waals surface area contributed by atoms with E-state index in [1.807, 2.05) is 20.8 Å². The van der Waals surface area contributed by atoms with Crippen molar-refractivity contribution in [3.63, 3.8) is 0 Å². The van der Waals surface area contributed by atoms with Crippen LogP contribution in [0.5, 0.6) is 0 Å². The molecule has 4 unspecified atom stereocenters. The van der Waals surface area contributed by atoms with Gasteiger partial charge in [0.1, 0.15) is 11.9 Å². The molecule has 8 atom stereocenters. The van der Waals surface area contributed by atoms with Gasteiger partial charge in [-0.1, -0.05) is 40.7 Å². The minimum atomic E-state index is -1.60. The van der Waals surface area contributed by atoms with E-state index in [0.717, 1.165) is 12.5 Å². The molecule has 0 aromatic rings. The normalized spacial score (nSPS) is 19.2. The number of Topliss-reactive ketones (excluding diaryl/α,β-unsaturated/α-hetero) is 1. The minimum Gasteiger partial charge on any atom is -0.478 e. The number of cyclic esters (lactones) is 2. The van der Waals surface area contributed by atoms with Gasteiger partial charge in [0.2, 0.25) is 0 Å². The first-order valence-electron chi connectivity index (χ1n) is 15.8. The first-order valence-corrected chi connectivity index (χ1v) is 15.8. The van der Waals surface area contributed by atoms with Crippen molar-refractivity contribution in [1.29, 1.82) is 0 Å². The van der Waals surface area contributed by atoms with Crippen molar-refractivity contribution in [3.8, 4) is 0 Å². The summed E-state index contributed by atoms with van der Waals surface area (Å²) in [7, 11) is 0. The summed E-state index contributed by atoms with van der Waals surface area (Å²) in [6.07, 6.45) is 0.996. The highest BCUT2D eigenvalue weighted by atomic mass is 16.6. The quantitative estimate of drug-likeness (QED) is 0.0611. The number of hydrogen-bond acceptors (Lipinski definition) is 11. The van der Waals surface area contributed by atoms with Gasteiger partial charge in [-0.25, -0.2) is 14.4 Å². The second kappa shape index (κ2) is 19.2. The van der Waals surface area contributed by atoms with Crippen molar-refractivity contribution in [2.45, 2.75) is 118 Å². The molecule has 4 N–H and O–H groups in total. The zero-order valence-electron chi connectivity index (χ0n) is 27.9. The molecule has 0 saturated carbocycles. The van der Waals surface area contributed by atoms with Gasteiger partial charge in [-0.3, -0.25) is 14.4 Å². The summed E-state index contributed by atoms with van der Waals surface area (Å²) in [4.78, 5) is 71.5. The Balaban J connectivity index is 2.52. The Hall–Kier alpha value is -3.48. The monoisotopic (exact) mass is 650 g/mol. The molecule has 0 aromatic heterocycles. The summed E-state index contributed by atoms with van der Waals surface area (Å²) in [5.41, 5.74) is 0.250. The van der Waals surface area contributed by atoms with Crippen molar-refractivity contribution in [2.75, 3.05) is 0 Å². The third kappa shape index (κ3) is 13.5. The maximum atomic E-state index is 12.8. The van der Waals surface area contributed by atoms with Crippen LogP contribution >= 0.6 is 0 Å². The molecule has 0 aliphatic carbocycles. The van der Waals surface area contributed by atoms with Gasteiger partial charge >= 0.3 is 23.9 Å². The number of aliphatic carboxylic acids is 1. The van der Waals surface area contributed by atoms with Crippen LogP contribution in [0.1, 0.15) is 93.4 Å². The van der Waals surface area contributed by atoms with E-state index < -0.39 is 66.5 Å². The fourth-order valence-electron chi connectivity index (χ4n) is 5.24. The third-order valence-corrected chi connectivity index (χ3v) is 8.47. The summed E-state index contributed by atoms with van der Waals surface area (Å²) in [6, 6.07) is 0. The van der Waals surface area contributed by atoms with Crippen LogP contribution in [0.3, 0.4) is 0 Å². The maximum absolute atomic E-state index is 12.8. The van der Waals surface area contributed by atoms with E-state index in [-0.39, 0.29) is 41.0 Å². The summed E-state index contributed by atoms with van der Waals surface area (Å²) in [6.45, 7) is 11.8. The zero-order chi connectivity index (χ0) is 35.3. The average molecular weight is 651 g/mol. The van der Waals surface area contributed by atoms with Crippen LogP contribution in [0.15, 0.2) is 34.9 Å². The molecule has 12 nitrogen and oxygen atoms in total. The molecule has 12 heteroatoms. The largest absolute Gasteiger partial charge is 0.478 e. The van der Waals surface area contributed by atoms with Crippen molar-refractivity contribution in [2.24, 2.45) is 23.7 Å². The van der Waals surface area contributed by atoms with Gasteiger partial charge < -0.3 is 29.9 Å². The number of esters is 3. The molecule has 258 valence electrons. The Morgan fingerprint density at radius 3 is 2.02 bits per heavy atom. The Bertz CT molecular complexity index is 1210. The molecular weight excluding hydrogens is 600 g/mol. The van der Waals surface area contributed by atoms with E-state index in [1.165, 1.54) is 26.0 Å². The van der Waals surface area contributed by atoms with Crippen molar-refractivity contribution in [3.05, 3.63) is 34.9 Å². The van der Waals surface area contributed by atoms with Crippen LogP contribution in [0, 0.1) is 23.7 Å². The van der Waals surface area contributed by atoms with E-state index in [1.54, 1.807) is 13.8 Å². The lowest BCUT2D eigenvalue weighted by molar-refractivity contribution is -0.154. The van der Waals surface area contributed by atoms with Gasteiger partial charge in [0.05, 0.1) is 30.3 Å². The van der Waals surface area contributed by atoms with E-state index in [2.05, 4.69) is 4.74 Å². The predicted octanol–water partition coefficient (Wildman–Crippen LogP) is 3.40. The van der Waals surface area contributed by atoms with E-state index >= 15 is 0 Å². The van der Waals surface area contributed by atoms with E-state index in [4.69, 9.17) is 9.84 Å². The molecule has 0 saturated heterocycles. The first kappa shape index (κ1) is 40.5. The molecule has 1 aliphatic heterocycles. The second-order valence-corrected chi connectivity index (χ2v) is 12.5. The number of carboxylic acids is 1. The van der Waals surface area contributed by atoms with E-state index in [9.17, 15) is 44.1 Å². The van der Waals surface area contributed by atoms with Crippen molar-refractivity contribution >= 4 is 35.4 Å². The average Bonchev–Trinajstić information content (AvgIpc) is 3.22. The number of allylic oxidation sites excluding steroid dienone is 3. The van der Waals surface area contributed by atoms with Gasteiger partial charge in [-0.2, -0.15) is 0 Å². The standard InChI is InChI=1S/C34H50O12/c1-8-24(10-12-30(40)41)15-25(35)14-19(3)13-18(2)9-11-26(36)21(5)28(38)16-27(37)20(4)23(7)45-31(42)17-29(39)32-22(6)33(43)46-34(32)44/h10,12,15,18-21,23,26-27,29,36-37,39H,8-9,11,13-14,16-17H2,1-7H3,(H,40,41)/b12-10+,24-15+/t18?,19-,20-,21+,23-,26?,27?,29?/m1/s1. The molecule has 0 bridgehead atoms. The van der Waals surface area contributed by atoms with Crippen LogP contribution in [0.2, 0.25) is 0 Å². The van der Waals surface area contributed by atoms with Crippen LogP contribution in [0.25, 0.3) is 0 Å². The second-order valence-electron chi connectivity index (χ2n) is 12.5. The molecular formula is C34H50O12. The molecule has 1 aliphatic rings. The maximum Gasteiger partial charge on any atom is 0.345 e. The predicted molar refractivity (Wildman–Crippen MR) is 167 cm³/mol. The number of hydrogen-bond donors (Lipinski definition) is 4. The van der Waals surface area contributed by atoms with Crippen molar-refractivity contribution < 1.29 is 58.7 Å². The van der Waals surface area contributed by atoms with E-state index in [0.29, 0.717) is 31.3 Å². The van der Waals surface area contributed by atoms with Gasteiger partial charge in [-0.05, 0) is 63.0 Å². The fraction of sp³-hybridized carbons (Fsp3) is 0.647. The highest BCUT2D eigenvalue weighted by molar-refractivity contribution is 6.12. The Kier molecular flexibility index (Phi) is 17.0. The van der Waals surface area contributed by atoms with Crippen molar-refractivity contribution in [1.82, 2.24) is 0 Å². The van der Waals surface area contributed by atoms with Crippen LogP contribution < -0.4 is 0 Å². The SMILES string of the molecule is CCC(/C=C/C(=O)O)=C\C(=O)C[C@H](C)CC(C)CCC(O)[C@H](C)C(=O)CC(O)[C@H](C)[C@@H](C)OC(=O)CC(O)C1=C(C)C(=O)OC1=O. The lowest BCUT2D eigenvalue weighted by Gasteiger charge is -2.27. The first-order chi connectivity index (χ1) is 21.4. The summed E-state index contributed by atoms with van der Waals surface area (Å²) < 4.78 is 9.70. The third-order valence-electron chi connectivity index (χ3n) is 8.47. The van der Waals surface area contributed by atoms with Gasteiger partial charge in [-0.15, -0.1) is 0 Å². The topological polar surface area (TPSA) is 202 Å². The number of rotatable bonds is 21. The van der Waals surface area contributed by atoms with Gasteiger partial charge in [0, 0.05) is 36.3 Å². The number of carbonyl (C=O) groups is 6. The zero-order valence-corrected chi connectivity index (χ0v) is 27.9.